The van der Waals surface area contributed by atoms with Crippen LogP contribution in [0, 0.1) is 0 Å². The Morgan fingerprint density at radius 2 is 2.00 bits per heavy atom. The topological polar surface area (TPSA) is 74.8 Å². The predicted octanol–water partition coefficient (Wildman–Crippen LogP) is 2.71. The average Bonchev–Trinajstić information content (AvgIpc) is 2.55. The number of anilines is 1. The first-order chi connectivity index (χ1) is 10.7. The van der Waals surface area contributed by atoms with Crippen molar-refractivity contribution in [3.63, 3.8) is 0 Å². The second kappa shape index (κ2) is 5.65. The number of nitrogens with zero attached hydrogens (tertiary/aromatic N) is 1. The highest BCUT2D eigenvalue weighted by Crippen LogP contribution is 2.24. The van der Waals surface area contributed by atoms with Crippen LogP contribution >= 0.6 is 0 Å². The van der Waals surface area contributed by atoms with Gasteiger partial charge in [0, 0.05) is 5.69 Å². The van der Waals surface area contributed by atoms with Crippen molar-refractivity contribution < 1.29 is 4.79 Å². The first-order valence-corrected chi connectivity index (χ1v) is 6.69. The lowest BCUT2D eigenvalue weighted by Crippen LogP contribution is -2.07. The van der Waals surface area contributed by atoms with E-state index in [1.807, 2.05) is 30.3 Å². The maximum atomic E-state index is 11.7. The van der Waals surface area contributed by atoms with Gasteiger partial charge in [0.1, 0.15) is 0 Å². The van der Waals surface area contributed by atoms with Crippen LogP contribution in [0.4, 0.5) is 5.69 Å². The summed E-state index contributed by atoms with van der Waals surface area (Å²) in [4.78, 5) is 29.8. The van der Waals surface area contributed by atoms with Crippen LogP contribution < -0.4 is 10.9 Å². The Labute approximate surface area is 126 Å². The highest BCUT2D eigenvalue weighted by Gasteiger charge is 2.04. The first kappa shape index (κ1) is 13.8. The van der Waals surface area contributed by atoms with Crippen LogP contribution in [0.1, 0.15) is 0 Å². The molecule has 0 bridgehead atoms. The van der Waals surface area contributed by atoms with Crippen molar-refractivity contribution in [1.29, 1.82) is 0 Å². The predicted molar refractivity (Wildman–Crippen MR) is 86.6 cm³/mol. The van der Waals surface area contributed by atoms with E-state index < -0.39 is 0 Å². The van der Waals surface area contributed by atoms with Crippen molar-refractivity contribution >= 4 is 22.5 Å². The van der Waals surface area contributed by atoms with Gasteiger partial charge in [-0.25, -0.2) is 4.98 Å². The molecule has 0 fully saturated rings. The summed E-state index contributed by atoms with van der Waals surface area (Å²) >= 11 is 0. The minimum atomic E-state index is -0.260. The highest BCUT2D eigenvalue weighted by molar-refractivity contribution is 5.99. The number of carbonyl (C=O) groups excluding carboxylic acids is 1. The maximum Gasteiger partial charge on any atom is 0.258 e. The molecule has 0 unspecified atom stereocenters. The van der Waals surface area contributed by atoms with Gasteiger partial charge in [-0.2, -0.15) is 0 Å². The molecule has 3 aromatic rings. The Morgan fingerprint density at radius 1 is 1.18 bits per heavy atom. The molecule has 0 atom stereocenters. The Kier molecular flexibility index (Phi) is 3.53. The number of benzene rings is 2. The number of carbonyl (C=O) groups is 1. The van der Waals surface area contributed by atoms with Gasteiger partial charge in [0.15, 0.2) is 0 Å². The van der Waals surface area contributed by atoms with E-state index in [4.69, 9.17) is 0 Å². The van der Waals surface area contributed by atoms with Crippen molar-refractivity contribution in [2.24, 2.45) is 0 Å². The van der Waals surface area contributed by atoms with Gasteiger partial charge in [-0.15, -0.1) is 0 Å². The smallest absolute Gasteiger partial charge is 0.258 e. The van der Waals surface area contributed by atoms with E-state index in [1.54, 1.807) is 12.1 Å². The van der Waals surface area contributed by atoms with Crippen molar-refractivity contribution in [2.75, 3.05) is 5.32 Å². The zero-order chi connectivity index (χ0) is 15.5. The van der Waals surface area contributed by atoms with Gasteiger partial charge in [0.2, 0.25) is 5.91 Å². The summed E-state index contributed by atoms with van der Waals surface area (Å²) in [5.41, 5.74) is 2.98. The molecule has 0 aliphatic heterocycles. The van der Waals surface area contributed by atoms with E-state index in [1.165, 1.54) is 12.4 Å². The standard InChI is InChI=1S/C17H13N3O2/c1-2-16(21)20-13-5-3-4-11(8-13)12-6-7-14-15(9-12)18-10-19-17(14)22/h2-10H,1H2,(H,20,21)(H,18,19,22). The molecule has 0 aliphatic rings. The van der Waals surface area contributed by atoms with Gasteiger partial charge >= 0.3 is 0 Å². The monoisotopic (exact) mass is 291 g/mol. The van der Waals surface area contributed by atoms with Crippen LogP contribution in [-0.4, -0.2) is 15.9 Å². The van der Waals surface area contributed by atoms with Gasteiger partial charge in [-0.05, 0) is 41.5 Å². The fourth-order valence-electron chi connectivity index (χ4n) is 2.22. The zero-order valence-corrected chi connectivity index (χ0v) is 11.7. The minimum absolute atomic E-state index is 0.163. The molecule has 0 saturated carbocycles. The molecule has 3 rings (SSSR count). The summed E-state index contributed by atoms with van der Waals surface area (Å²) in [5.74, 6) is -0.260. The summed E-state index contributed by atoms with van der Waals surface area (Å²) in [6.07, 6.45) is 2.61. The Hall–Kier alpha value is -3.21. The van der Waals surface area contributed by atoms with Crippen LogP contribution in [0.3, 0.4) is 0 Å². The van der Waals surface area contributed by atoms with Crippen LogP contribution in [0.2, 0.25) is 0 Å². The molecule has 0 saturated heterocycles. The molecular formula is C17H13N3O2. The Bertz CT molecular complexity index is 928. The molecule has 2 aromatic carbocycles. The maximum absolute atomic E-state index is 11.7. The summed E-state index contributed by atoms with van der Waals surface area (Å²) < 4.78 is 0. The Morgan fingerprint density at radius 3 is 2.82 bits per heavy atom. The molecule has 5 nitrogen and oxygen atoms in total. The summed E-state index contributed by atoms with van der Waals surface area (Å²) in [7, 11) is 0. The van der Waals surface area contributed by atoms with Gasteiger partial charge in [0.05, 0.1) is 17.2 Å². The van der Waals surface area contributed by atoms with Crippen molar-refractivity contribution in [2.45, 2.75) is 0 Å². The second-order valence-electron chi connectivity index (χ2n) is 4.74. The number of rotatable bonds is 3. The molecule has 1 amide bonds. The van der Waals surface area contributed by atoms with E-state index >= 15 is 0 Å². The van der Waals surface area contributed by atoms with E-state index in [2.05, 4.69) is 21.9 Å². The fraction of sp³-hybridized carbons (Fsp3) is 0. The van der Waals surface area contributed by atoms with Crippen molar-refractivity contribution in [3.8, 4) is 11.1 Å². The number of aromatic nitrogens is 2. The number of nitrogens with one attached hydrogen (secondary N) is 2. The minimum Gasteiger partial charge on any atom is -0.323 e. The van der Waals surface area contributed by atoms with Crippen LogP contribution in [0.5, 0.6) is 0 Å². The third-order valence-corrected chi connectivity index (χ3v) is 3.29. The lowest BCUT2D eigenvalue weighted by Gasteiger charge is -2.07. The quantitative estimate of drug-likeness (QED) is 0.729. The lowest BCUT2D eigenvalue weighted by molar-refractivity contribution is -0.111. The summed E-state index contributed by atoms with van der Waals surface area (Å²) in [6, 6.07) is 12.9. The van der Waals surface area contributed by atoms with Crippen molar-refractivity contribution in [1.82, 2.24) is 9.97 Å². The van der Waals surface area contributed by atoms with Crippen LogP contribution in [-0.2, 0) is 4.79 Å². The number of hydrogen-bond donors (Lipinski definition) is 2. The largest absolute Gasteiger partial charge is 0.323 e. The lowest BCUT2D eigenvalue weighted by atomic mass is 10.0. The molecule has 2 N–H and O–H groups in total. The first-order valence-electron chi connectivity index (χ1n) is 6.69. The summed E-state index contributed by atoms with van der Waals surface area (Å²) in [6.45, 7) is 3.43. The van der Waals surface area contributed by atoms with Gasteiger partial charge in [0.25, 0.3) is 5.56 Å². The Balaban J connectivity index is 2.04. The third-order valence-electron chi connectivity index (χ3n) is 3.29. The van der Waals surface area contributed by atoms with E-state index in [0.29, 0.717) is 16.6 Å². The highest BCUT2D eigenvalue weighted by atomic mass is 16.1. The van der Waals surface area contributed by atoms with Crippen LogP contribution in [0.15, 0.2) is 66.2 Å². The molecule has 108 valence electrons. The number of aromatic amines is 1. The van der Waals surface area contributed by atoms with E-state index in [9.17, 15) is 9.59 Å². The number of H-pyrrole nitrogens is 1. The molecule has 0 aliphatic carbocycles. The molecule has 0 spiro atoms. The second-order valence-corrected chi connectivity index (χ2v) is 4.74. The molecular weight excluding hydrogens is 278 g/mol. The van der Waals surface area contributed by atoms with Crippen molar-refractivity contribution in [3.05, 3.63) is 71.8 Å². The molecule has 1 heterocycles. The van der Waals surface area contributed by atoms with E-state index in [-0.39, 0.29) is 11.5 Å². The average molecular weight is 291 g/mol. The molecule has 5 heteroatoms. The third kappa shape index (κ3) is 2.64. The fourth-order valence-corrected chi connectivity index (χ4v) is 2.22. The molecule has 22 heavy (non-hydrogen) atoms. The van der Waals surface area contributed by atoms with Gasteiger partial charge in [-0.3, -0.25) is 9.59 Å². The summed E-state index contributed by atoms with van der Waals surface area (Å²) in [5, 5.41) is 3.26. The number of hydrogen-bond acceptors (Lipinski definition) is 3. The molecule has 0 radical (unpaired) electrons. The number of amides is 1. The normalized spacial score (nSPS) is 10.4. The van der Waals surface area contributed by atoms with Crippen LogP contribution in [0.25, 0.3) is 22.0 Å². The molecule has 1 aromatic heterocycles. The van der Waals surface area contributed by atoms with E-state index in [0.717, 1.165) is 11.1 Å². The van der Waals surface area contributed by atoms with Gasteiger partial charge < -0.3 is 10.3 Å². The van der Waals surface area contributed by atoms with Gasteiger partial charge in [-0.1, -0.05) is 24.8 Å². The zero-order valence-electron chi connectivity index (χ0n) is 11.7. The number of fused-ring (bicyclic) bond motifs is 1. The SMILES string of the molecule is C=CC(=O)Nc1cccc(-c2ccc3c(=O)[nH]cnc3c2)c1.